The number of carbonyl (C=O) groups excluding carboxylic acids is 2. The summed E-state index contributed by atoms with van der Waals surface area (Å²) < 4.78 is 37.5. The van der Waals surface area contributed by atoms with Gasteiger partial charge in [-0.2, -0.15) is 0 Å². The molecular weight excluding hydrogens is 574 g/mol. The second kappa shape index (κ2) is 12.7. The predicted molar refractivity (Wildman–Crippen MR) is 160 cm³/mol. The molecular formula is C31H35N3O8S. The molecule has 0 spiro atoms. The Morgan fingerprint density at radius 2 is 1.67 bits per heavy atom. The molecule has 3 aromatic carbocycles. The molecule has 2 unspecified atom stereocenters. The van der Waals surface area contributed by atoms with Crippen LogP contribution in [0.25, 0.3) is 0 Å². The van der Waals surface area contributed by atoms with Gasteiger partial charge in [0, 0.05) is 17.8 Å². The number of benzene rings is 3. The smallest absolute Gasteiger partial charge is 0.309 e. The van der Waals surface area contributed by atoms with Crippen LogP contribution in [0.2, 0.25) is 0 Å². The van der Waals surface area contributed by atoms with E-state index >= 15 is 0 Å². The zero-order chi connectivity index (χ0) is 31.5. The predicted octanol–water partition coefficient (Wildman–Crippen LogP) is 3.81. The molecule has 0 saturated carbocycles. The molecule has 0 aromatic heterocycles. The summed E-state index contributed by atoms with van der Waals surface area (Å²) in [6.45, 7) is 3.18. The highest BCUT2D eigenvalue weighted by atomic mass is 32.2. The minimum Gasteiger partial charge on any atom is -0.493 e. The number of aliphatic carboxylic acids is 1. The Balaban J connectivity index is 1.86. The first-order chi connectivity index (χ1) is 20.4. The zero-order valence-electron chi connectivity index (χ0n) is 24.3. The Morgan fingerprint density at radius 3 is 2.30 bits per heavy atom. The summed E-state index contributed by atoms with van der Waals surface area (Å²) in [6, 6.07) is 15.4. The van der Waals surface area contributed by atoms with Crippen LogP contribution in [0.4, 0.5) is 5.69 Å². The highest BCUT2D eigenvalue weighted by Gasteiger charge is 2.46. The van der Waals surface area contributed by atoms with E-state index < -0.39 is 50.9 Å². The van der Waals surface area contributed by atoms with E-state index in [1.807, 2.05) is 0 Å². The van der Waals surface area contributed by atoms with Crippen molar-refractivity contribution in [3.05, 3.63) is 83.4 Å². The number of methoxy groups -OCH3 is 2. The van der Waals surface area contributed by atoms with Crippen molar-refractivity contribution in [2.24, 2.45) is 11.7 Å². The number of carbonyl (C=O) groups is 3. The van der Waals surface area contributed by atoms with E-state index in [0.29, 0.717) is 22.7 Å². The molecule has 1 heterocycles. The highest BCUT2D eigenvalue weighted by molar-refractivity contribution is 7.92. The number of anilines is 1. The number of sulfone groups is 1. The van der Waals surface area contributed by atoms with Crippen molar-refractivity contribution in [3.8, 4) is 11.5 Å². The minimum absolute atomic E-state index is 0.00858. The number of ether oxygens (including phenoxy) is 2. The van der Waals surface area contributed by atoms with Crippen LogP contribution in [0.3, 0.4) is 0 Å². The number of primary amides is 1. The molecule has 12 heteroatoms. The van der Waals surface area contributed by atoms with Gasteiger partial charge in [-0.15, -0.1) is 0 Å². The maximum Gasteiger partial charge on any atom is 0.309 e. The molecule has 3 atom stereocenters. The monoisotopic (exact) mass is 609 g/mol. The molecule has 2 amide bonds. The summed E-state index contributed by atoms with van der Waals surface area (Å²) >= 11 is 0. The van der Waals surface area contributed by atoms with Gasteiger partial charge in [-0.05, 0) is 67.8 Å². The van der Waals surface area contributed by atoms with Gasteiger partial charge in [0.15, 0.2) is 21.3 Å². The summed E-state index contributed by atoms with van der Waals surface area (Å²) in [5.41, 5.74) is 6.82. The van der Waals surface area contributed by atoms with Crippen LogP contribution in [0.1, 0.15) is 53.8 Å². The maximum atomic E-state index is 14.5. The van der Waals surface area contributed by atoms with Gasteiger partial charge in [0.25, 0.3) is 0 Å². The molecule has 11 nitrogen and oxygen atoms in total. The first-order valence-electron chi connectivity index (χ1n) is 13.6. The fourth-order valence-electron chi connectivity index (χ4n) is 5.34. The topological polar surface area (TPSA) is 165 Å². The van der Waals surface area contributed by atoms with Crippen molar-refractivity contribution < 1.29 is 37.4 Å². The second-order valence-corrected chi connectivity index (χ2v) is 13.0. The average Bonchev–Trinajstić information content (AvgIpc) is 3.45. The van der Waals surface area contributed by atoms with Crippen LogP contribution in [0.5, 0.6) is 11.5 Å². The van der Waals surface area contributed by atoms with Gasteiger partial charge in [-0.1, -0.05) is 30.3 Å². The lowest BCUT2D eigenvalue weighted by Crippen LogP contribution is -2.40. The molecule has 0 bridgehead atoms. The van der Waals surface area contributed by atoms with Gasteiger partial charge in [0.1, 0.15) is 6.04 Å². The lowest BCUT2D eigenvalue weighted by molar-refractivity contribution is -0.143. The number of carboxylic acids is 1. The number of carboxylic acid groups (broad SMARTS) is 1. The van der Waals surface area contributed by atoms with E-state index in [4.69, 9.17) is 15.2 Å². The van der Waals surface area contributed by atoms with E-state index in [0.717, 1.165) is 0 Å². The van der Waals surface area contributed by atoms with Gasteiger partial charge >= 0.3 is 5.97 Å². The molecule has 4 N–H and O–H groups in total. The van der Waals surface area contributed by atoms with Crippen molar-refractivity contribution in [3.63, 3.8) is 0 Å². The van der Waals surface area contributed by atoms with Gasteiger partial charge in [0.2, 0.25) is 11.8 Å². The van der Waals surface area contributed by atoms with Crippen LogP contribution in [-0.2, 0) is 19.4 Å². The molecule has 1 saturated heterocycles. The third kappa shape index (κ3) is 6.29. The van der Waals surface area contributed by atoms with Crippen molar-refractivity contribution in [2.75, 3.05) is 26.1 Å². The van der Waals surface area contributed by atoms with E-state index in [9.17, 15) is 27.9 Å². The molecule has 1 aliphatic heterocycles. The van der Waals surface area contributed by atoms with E-state index in [-0.39, 0.29) is 29.0 Å². The van der Waals surface area contributed by atoms with Gasteiger partial charge < -0.3 is 30.5 Å². The fraction of sp³-hybridized carbons (Fsp3) is 0.323. The van der Waals surface area contributed by atoms with E-state index in [1.165, 1.54) is 31.3 Å². The molecule has 0 aliphatic carbocycles. The normalized spacial score (nSPS) is 17.4. The fourth-order valence-corrected chi connectivity index (χ4v) is 6.63. The molecule has 0 radical (unpaired) electrons. The van der Waals surface area contributed by atoms with Crippen LogP contribution in [0, 0.1) is 5.92 Å². The average molecular weight is 610 g/mol. The lowest BCUT2D eigenvalue weighted by Gasteiger charge is -2.33. The number of likely N-dealkylation sites (tertiary alicyclic amines) is 1. The van der Waals surface area contributed by atoms with Crippen LogP contribution < -0.4 is 20.5 Å². The number of amides is 2. The summed E-state index contributed by atoms with van der Waals surface area (Å²) in [5.74, 6) is -2.53. The molecule has 1 fully saturated rings. The number of rotatable bonds is 11. The third-order valence-electron chi connectivity index (χ3n) is 7.61. The molecule has 228 valence electrons. The number of hydrogen-bond donors (Lipinski definition) is 3. The number of hydrogen-bond acceptors (Lipinski definition) is 8. The lowest BCUT2D eigenvalue weighted by atomic mass is 9.93. The quantitative estimate of drug-likeness (QED) is 0.293. The summed E-state index contributed by atoms with van der Waals surface area (Å²) in [7, 11) is -0.871. The zero-order valence-corrected chi connectivity index (χ0v) is 25.1. The van der Waals surface area contributed by atoms with Crippen molar-refractivity contribution in [1.29, 1.82) is 0 Å². The number of nitrogens with zero attached hydrogens (tertiary/aromatic N) is 1. The van der Waals surface area contributed by atoms with Gasteiger partial charge in [-0.25, -0.2) is 8.42 Å². The molecule has 43 heavy (non-hydrogen) atoms. The standard InChI is InChI=1S/C31H35N3O8S/c1-18(2)43(39,40)26-11-6-5-10-22(26)28-23(31(37)38)14-15-34(28)30(36)27(19-12-13-24(41-3)25(17-19)42-4)33-21-9-7-8-20(16-21)29(32)35/h5-13,16-18,23,27-28,33H,14-15H2,1-4H3,(H2,32,35)(H,37,38)/t23?,27-,28?/m1/s1. The van der Waals surface area contributed by atoms with E-state index in [1.54, 1.807) is 68.4 Å². The van der Waals surface area contributed by atoms with E-state index in [2.05, 4.69) is 5.32 Å². The van der Waals surface area contributed by atoms with Crippen molar-refractivity contribution >= 4 is 33.3 Å². The highest BCUT2D eigenvalue weighted by Crippen LogP contribution is 2.43. The minimum atomic E-state index is -3.81. The Bertz CT molecular complexity index is 1640. The van der Waals surface area contributed by atoms with Crippen molar-refractivity contribution in [2.45, 2.75) is 42.5 Å². The van der Waals surface area contributed by atoms with Crippen LogP contribution >= 0.6 is 0 Å². The first-order valence-corrected chi connectivity index (χ1v) is 15.2. The Labute approximate surface area is 250 Å². The van der Waals surface area contributed by atoms with Gasteiger partial charge in [0.05, 0.1) is 36.3 Å². The molecule has 1 aliphatic rings. The van der Waals surface area contributed by atoms with Crippen molar-refractivity contribution in [1.82, 2.24) is 4.90 Å². The largest absolute Gasteiger partial charge is 0.493 e. The van der Waals surface area contributed by atoms with Crippen LogP contribution in [-0.4, -0.2) is 62.2 Å². The van der Waals surface area contributed by atoms with Gasteiger partial charge in [-0.3, -0.25) is 14.4 Å². The second-order valence-electron chi connectivity index (χ2n) is 10.5. The summed E-state index contributed by atoms with van der Waals surface area (Å²) in [5, 5.41) is 12.6. The summed E-state index contributed by atoms with van der Waals surface area (Å²) in [4.78, 5) is 40.2. The SMILES string of the molecule is COc1ccc([C@@H](Nc2cccc(C(N)=O)c2)C(=O)N2CCC(C(=O)O)C2c2ccccc2S(=O)(=O)C(C)C)cc1OC. The number of nitrogens with two attached hydrogens (primary N) is 1. The summed E-state index contributed by atoms with van der Waals surface area (Å²) in [6.07, 6.45) is 0.123. The molecule has 3 aromatic rings. The first kappa shape index (κ1) is 31.4. The number of nitrogens with one attached hydrogen (secondary N) is 1. The third-order valence-corrected chi connectivity index (χ3v) is 9.83. The Morgan fingerprint density at radius 1 is 0.977 bits per heavy atom. The Hall–Kier alpha value is -4.58. The molecule has 4 rings (SSSR count). The maximum absolute atomic E-state index is 14.5. The van der Waals surface area contributed by atoms with Crippen LogP contribution in [0.15, 0.2) is 71.6 Å². The Kier molecular flexibility index (Phi) is 9.29.